The van der Waals surface area contributed by atoms with Crippen LogP contribution in [0.15, 0.2) is 24.3 Å². The molecule has 0 aliphatic carbocycles. The average molecular weight is 230 g/mol. The van der Waals surface area contributed by atoms with Gasteiger partial charge in [-0.2, -0.15) is 5.26 Å². The SMILES string of the molecule is Cc1ccc(CC(C)(C)NC(=O)CC#N)cc1. The molecular weight excluding hydrogens is 212 g/mol. The fourth-order valence-corrected chi connectivity index (χ4v) is 1.75. The summed E-state index contributed by atoms with van der Waals surface area (Å²) in [6.07, 6.45) is 0.668. The van der Waals surface area contributed by atoms with E-state index in [4.69, 9.17) is 5.26 Å². The van der Waals surface area contributed by atoms with Gasteiger partial charge in [0.25, 0.3) is 0 Å². The molecule has 1 amide bonds. The Kier molecular flexibility index (Phi) is 4.28. The first-order valence-electron chi connectivity index (χ1n) is 5.66. The van der Waals surface area contributed by atoms with E-state index >= 15 is 0 Å². The summed E-state index contributed by atoms with van der Waals surface area (Å²) in [4.78, 5) is 11.4. The van der Waals surface area contributed by atoms with Crippen LogP contribution < -0.4 is 5.32 Å². The average Bonchev–Trinajstić information content (AvgIpc) is 2.20. The molecule has 0 heterocycles. The Morgan fingerprint density at radius 1 is 1.35 bits per heavy atom. The van der Waals surface area contributed by atoms with Gasteiger partial charge >= 0.3 is 0 Å². The summed E-state index contributed by atoms with van der Waals surface area (Å²) in [5, 5.41) is 11.3. The van der Waals surface area contributed by atoms with E-state index in [1.165, 1.54) is 11.1 Å². The highest BCUT2D eigenvalue weighted by atomic mass is 16.1. The first kappa shape index (κ1) is 13.2. The molecule has 0 saturated heterocycles. The van der Waals surface area contributed by atoms with Crippen LogP contribution in [0, 0.1) is 18.3 Å². The van der Waals surface area contributed by atoms with Crippen molar-refractivity contribution >= 4 is 5.91 Å². The van der Waals surface area contributed by atoms with E-state index in [9.17, 15) is 4.79 Å². The smallest absolute Gasteiger partial charge is 0.234 e. The second kappa shape index (κ2) is 5.49. The molecule has 0 bridgehead atoms. The van der Waals surface area contributed by atoms with E-state index in [2.05, 4.69) is 29.6 Å². The quantitative estimate of drug-likeness (QED) is 0.863. The van der Waals surface area contributed by atoms with Crippen molar-refractivity contribution < 1.29 is 4.79 Å². The number of nitriles is 1. The van der Waals surface area contributed by atoms with Gasteiger partial charge in [0.1, 0.15) is 6.42 Å². The van der Waals surface area contributed by atoms with E-state index in [-0.39, 0.29) is 17.9 Å². The second-order valence-corrected chi connectivity index (χ2v) is 4.93. The van der Waals surface area contributed by atoms with Crippen LogP contribution in [0.4, 0.5) is 0 Å². The number of nitrogens with zero attached hydrogens (tertiary/aromatic N) is 1. The number of carbonyl (C=O) groups excluding carboxylic acids is 1. The van der Waals surface area contributed by atoms with Gasteiger partial charge < -0.3 is 5.32 Å². The number of rotatable bonds is 4. The molecule has 0 fully saturated rings. The first-order valence-corrected chi connectivity index (χ1v) is 5.66. The number of nitrogens with one attached hydrogen (secondary N) is 1. The van der Waals surface area contributed by atoms with Crippen molar-refractivity contribution in [1.82, 2.24) is 5.32 Å². The van der Waals surface area contributed by atoms with Crippen LogP contribution in [0.25, 0.3) is 0 Å². The zero-order valence-corrected chi connectivity index (χ0v) is 10.6. The van der Waals surface area contributed by atoms with Gasteiger partial charge in [-0.05, 0) is 32.8 Å². The topological polar surface area (TPSA) is 52.9 Å². The summed E-state index contributed by atoms with van der Waals surface area (Å²) in [5.41, 5.74) is 2.07. The third-order valence-electron chi connectivity index (χ3n) is 2.48. The maximum atomic E-state index is 11.4. The zero-order valence-electron chi connectivity index (χ0n) is 10.6. The van der Waals surface area contributed by atoms with Gasteiger partial charge in [-0.15, -0.1) is 0 Å². The first-order chi connectivity index (χ1) is 7.93. The van der Waals surface area contributed by atoms with Crippen LogP contribution in [-0.4, -0.2) is 11.4 Å². The monoisotopic (exact) mass is 230 g/mol. The Hall–Kier alpha value is -1.82. The largest absolute Gasteiger partial charge is 0.350 e. The number of carbonyl (C=O) groups is 1. The molecule has 1 rings (SSSR count). The minimum absolute atomic E-state index is 0.0860. The third kappa shape index (κ3) is 4.69. The molecule has 0 aromatic heterocycles. The van der Waals surface area contributed by atoms with Crippen molar-refractivity contribution in [2.75, 3.05) is 0 Å². The number of hydrogen-bond acceptors (Lipinski definition) is 2. The fraction of sp³-hybridized carbons (Fsp3) is 0.429. The molecular formula is C14H18N2O. The molecule has 90 valence electrons. The summed E-state index contributed by atoms with van der Waals surface area (Å²) in [6.45, 7) is 5.97. The van der Waals surface area contributed by atoms with Gasteiger partial charge in [0, 0.05) is 5.54 Å². The highest BCUT2D eigenvalue weighted by Gasteiger charge is 2.20. The Balaban J connectivity index is 2.63. The van der Waals surface area contributed by atoms with E-state index in [1.54, 1.807) is 0 Å². The summed E-state index contributed by atoms with van der Waals surface area (Å²) < 4.78 is 0. The fourth-order valence-electron chi connectivity index (χ4n) is 1.75. The standard InChI is InChI=1S/C14H18N2O/c1-11-4-6-12(7-5-11)10-14(2,3)16-13(17)8-9-15/h4-7H,8,10H2,1-3H3,(H,16,17). The molecule has 0 saturated carbocycles. The van der Waals surface area contributed by atoms with Crippen molar-refractivity contribution in [3.05, 3.63) is 35.4 Å². The van der Waals surface area contributed by atoms with E-state index in [0.717, 1.165) is 6.42 Å². The molecule has 0 unspecified atom stereocenters. The predicted octanol–water partition coefficient (Wildman–Crippen LogP) is 2.35. The Morgan fingerprint density at radius 3 is 2.47 bits per heavy atom. The van der Waals surface area contributed by atoms with Gasteiger partial charge in [0.2, 0.25) is 5.91 Å². The lowest BCUT2D eigenvalue weighted by Gasteiger charge is -2.26. The third-order valence-corrected chi connectivity index (χ3v) is 2.48. The highest BCUT2D eigenvalue weighted by Crippen LogP contribution is 2.13. The molecule has 1 aromatic carbocycles. The van der Waals surface area contributed by atoms with Crippen LogP contribution in [-0.2, 0) is 11.2 Å². The van der Waals surface area contributed by atoms with Crippen molar-refractivity contribution in [3.8, 4) is 6.07 Å². The number of benzene rings is 1. The number of aryl methyl sites for hydroxylation is 1. The minimum atomic E-state index is -0.330. The van der Waals surface area contributed by atoms with Gasteiger partial charge in [-0.1, -0.05) is 29.8 Å². The molecule has 0 atom stereocenters. The summed E-state index contributed by atoms with van der Waals surface area (Å²) >= 11 is 0. The van der Waals surface area contributed by atoms with Gasteiger partial charge in [-0.3, -0.25) is 4.79 Å². The predicted molar refractivity (Wildman–Crippen MR) is 67.3 cm³/mol. The molecule has 0 spiro atoms. The molecule has 0 aliphatic heterocycles. The van der Waals surface area contributed by atoms with E-state index < -0.39 is 0 Å². The molecule has 1 N–H and O–H groups in total. The van der Waals surface area contributed by atoms with Crippen molar-refractivity contribution in [2.45, 2.75) is 39.2 Å². The van der Waals surface area contributed by atoms with Crippen LogP contribution in [0.3, 0.4) is 0 Å². The highest BCUT2D eigenvalue weighted by molar-refractivity contribution is 5.78. The van der Waals surface area contributed by atoms with Crippen LogP contribution in [0.2, 0.25) is 0 Å². The molecule has 0 aliphatic rings. The molecule has 0 radical (unpaired) electrons. The van der Waals surface area contributed by atoms with E-state index in [1.807, 2.05) is 26.8 Å². The second-order valence-electron chi connectivity index (χ2n) is 4.93. The van der Waals surface area contributed by atoms with Crippen molar-refractivity contribution in [1.29, 1.82) is 5.26 Å². The summed E-state index contributed by atoms with van der Waals surface area (Å²) in [7, 11) is 0. The van der Waals surface area contributed by atoms with Gasteiger partial charge in [0.05, 0.1) is 6.07 Å². The zero-order chi connectivity index (χ0) is 12.9. The van der Waals surface area contributed by atoms with E-state index in [0.29, 0.717) is 0 Å². The lowest BCUT2D eigenvalue weighted by atomic mass is 9.94. The van der Waals surface area contributed by atoms with Gasteiger partial charge in [0.15, 0.2) is 0 Å². The molecule has 3 heteroatoms. The Bertz CT molecular complexity index is 427. The molecule has 1 aromatic rings. The van der Waals surface area contributed by atoms with Crippen LogP contribution in [0.5, 0.6) is 0 Å². The van der Waals surface area contributed by atoms with Crippen molar-refractivity contribution in [3.63, 3.8) is 0 Å². The summed E-state index contributed by atoms with van der Waals surface area (Å²) in [5.74, 6) is -0.218. The lowest BCUT2D eigenvalue weighted by Crippen LogP contribution is -2.44. The minimum Gasteiger partial charge on any atom is -0.350 e. The van der Waals surface area contributed by atoms with Gasteiger partial charge in [-0.25, -0.2) is 0 Å². The van der Waals surface area contributed by atoms with Crippen LogP contribution in [0.1, 0.15) is 31.4 Å². The lowest BCUT2D eigenvalue weighted by molar-refractivity contribution is -0.121. The van der Waals surface area contributed by atoms with Crippen molar-refractivity contribution in [2.24, 2.45) is 0 Å². The maximum absolute atomic E-state index is 11.4. The molecule has 3 nitrogen and oxygen atoms in total. The number of hydrogen-bond donors (Lipinski definition) is 1. The van der Waals surface area contributed by atoms with Crippen LogP contribution >= 0.6 is 0 Å². The number of amides is 1. The maximum Gasteiger partial charge on any atom is 0.234 e. The Labute approximate surface area is 102 Å². The summed E-state index contributed by atoms with van der Waals surface area (Å²) in [6, 6.07) is 10.1. The normalized spacial score (nSPS) is 10.7. The Morgan fingerprint density at radius 2 is 1.94 bits per heavy atom. The molecule has 17 heavy (non-hydrogen) atoms.